The van der Waals surface area contributed by atoms with Crippen molar-refractivity contribution >= 4 is 33.1 Å². The van der Waals surface area contributed by atoms with Gasteiger partial charge in [0, 0.05) is 4.47 Å². The summed E-state index contributed by atoms with van der Waals surface area (Å²) in [4.78, 5) is 0.369. The molecule has 0 heterocycles. The Bertz CT molecular complexity index is 390. The van der Waals surface area contributed by atoms with Crippen molar-refractivity contribution in [3.05, 3.63) is 28.2 Å². The van der Waals surface area contributed by atoms with Gasteiger partial charge in [-0.25, -0.2) is 0 Å². The topological polar surface area (TPSA) is 35.2 Å². The summed E-state index contributed by atoms with van der Waals surface area (Å²) < 4.78 is 6.60. The molecule has 0 saturated heterocycles. The third-order valence-corrected chi connectivity index (χ3v) is 3.26. The molecule has 1 aromatic rings. The van der Waals surface area contributed by atoms with Gasteiger partial charge in [0.25, 0.3) is 0 Å². The molecule has 0 bridgehead atoms. The van der Waals surface area contributed by atoms with Crippen molar-refractivity contribution in [2.45, 2.75) is 12.8 Å². The van der Waals surface area contributed by atoms with Crippen molar-refractivity contribution in [2.75, 3.05) is 6.61 Å². The summed E-state index contributed by atoms with van der Waals surface area (Å²) >= 11 is 8.42. The minimum Gasteiger partial charge on any atom is -0.493 e. The van der Waals surface area contributed by atoms with Crippen molar-refractivity contribution in [2.24, 2.45) is 11.7 Å². The smallest absolute Gasteiger partial charge is 0.130 e. The van der Waals surface area contributed by atoms with Crippen LogP contribution in [0.3, 0.4) is 0 Å². The zero-order valence-corrected chi connectivity index (χ0v) is 10.6. The largest absolute Gasteiger partial charge is 0.493 e. The Morgan fingerprint density at radius 3 is 2.87 bits per heavy atom. The Kier molecular flexibility index (Phi) is 3.26. The first kappa shape index (κ1) is 10.9. The highest BCUT2D eigenvalue weighted by Gasteiger charge is 2.22. The Balaban J connectivity index is 2.19. The lowest BCUT2D eigenvalue weighted by Gasteiger charge is -2.11. The van der Waals surface area contributed by atoms with Crippen molar-refractivity contribution in [3.63, 3.8) is 0 Å². The Morgan fingerprint density at radius 1 is 1.53 bits per heavy atom. The summed E-state index contributed by atoms with van der Waals surface area (Å²) in [6, 6.07) is 5.74. The summed E-state index contributed by atoms with van der Waals surface area (Å²) in [5, 5.41) is 0. The fourth-order valence-corrected chi connectivity index (χ4v) is 2.26. The molecule has 0 unspecified atom stereocenters. The van der Waals surface area contributed by atoms with E-state index in [1.54, 1.807) is 0 Å². The van der Waals surface area contributed by atoms with Crippen LogP contribution in [-0.4, -0.2) is 11.6 Å². The summed E-state index contributed by atoms with van der Waals surface area (Å²) in [5.41, 5.74) is 6.46. The maximum atomic E-state index is 5.71. The molecule has 0 atom stereocenters. The molecule has 0 spiro atoms. The van der Waals surface area contributed by atoms with Crippen LogP contribution in [0, 0.1) is 5.92 Å². The van der Waals surface area contributed by atoms with Crippen LogP contribution in [0.15, 0.2) is 22.7 Å². The number of rotatable bonds is 4. The van der Waals surface area contributed by atoms with Gasteiger partial charge in [-0.3, -0.25) is 0 Å². The van der Waals surface area contributed by atoms with Gasteiger partial charge in [-0.1, -0.05) is 18.3 Å². The maximum absolute atomic E-state index is 5.71. The minimum absolute atomic E-state index is 0.369. The molecule has 15 heavy (non-hydrogen) atoms. The van der Waals surface area contributed by atoms with Gasteiger partial charge in [0.05, 0.1) is 12.2 Å². The predicted molar refractivity (Wildman–Crippen MR) is 68.2 cm³/mol. The van der Waals surface area contributed by atoms with E-state index in [1.165, 1.54) is 12.8 Å². The second-order valence-electron chi connectivity index (χ2n) is 3.73. The molecule has 1 fully saturated rings. The number of hydrogen-bond donors (Lipinski definition) is 1. The number of halogens is 1. The molecule has 2 nitrogen and oxygen atoms in total. The maximum Gasteiger partial charge on any atom is 0.130 e. The van der Waals surface area contributed by atoms with Crippen LogP contribution in [-0.2, 0) is 0 Å². The molecule has 4 heteroatoms. The summed E-state index contributed by atoms with van der Waals surface area (Å²) in [6.07, 6.45) is 2.55. The van der Waals surface area contributed by atoms with Gasteiger partial charge < -0.3 is 10.5 Å². The second kappa shape index (κ2) is 4.49. The number of hydrogen-bond acceptors (Lipinski definition) is 2. The van der Waals surface area contributed by atoms with E-state index in [4.69, 9.17) is 22.7 Å². The quantitative estimate of drug-likeness (QED) is 0.864. The lowest BCUT2D eigenvalue weighted by Crippen LogP contribution is -2.13. The molecular formula is C11H12BrNOS. The van der Waals surface area contributed by atoms with Gasteiger partial charge in [0.2, 0.25) is 0 Å². The average Bonchev–Trinajstić information content (AvgIpc) is 2.97. The van der Waals surface area contributed by atoms with Gasteiger partial charge in [0.15, 0.2) is 0 Å². The zero-order chi connectivity index (χ0) is 10.8. The van der Waals surface area contributed by atoms with Gasteiger partial charge in [-0.15, -0.1) is 0 Å². The van der Waals surface area contributed by atoms with Crippen molar-refractivity contribution in [1.82, 2.24) is 0 Å². The third kappa shape index (κ3) is 2.69. The molecular weight excluding hydrogens is 274 g/mol. The summed E-state index contributed by atoms with van der Waals surface area (Å²) in [7, 11) is 0. The first-order valence-corrected chi connectivity index (χ1v) is 6.09. The SMILES string of the molecule is NC(=S)c1c(Br)cccc1OCC1CC1. The molecule has 0 amide bonds. The fraction of sp³-hybridized carbons (Fsp3) is 0.364. The minimum atomic E-state index is 0.369. The fourth-order valence-electron chi connectivity index (χ4n) is 1.36. The highest BCUT2D eigenvalue weighted by Crippen LogP contribution is 2.32. The normalized spacial score (nSPS) is 15.0. The van der Waals surface area contributed by atoms with Crippen LogP contribution in [0.5, 0.6) is 5.75 Å². The molecule has 0 radical (unpaired) electrons. The van der Waals surface area contributed by atoms with Crippen LogP contribution in [0.4, 0.5) is 0 Å². The van der Waals surface area contributed by atoms with E-state index in [9.17, 15) is 0 Å². The number of benzene rings is 1. The summed E-state index contributed by atoms with van der Waals surface area (Å²) in [6.45, 7) is 0.770. The lowest BCUT2D eigenvalue weighted by molar-refractivity contribution is 0.299. The predicted octanol–water partition coefficient (Wildman–Crippen LogP) is 2.87. The molecule has 2 N–H and O–H groups in total. The molecule has 1 aromatic carbocycles. The van der Waals surface area contributed by atoms with E-state index in [-0.39, 0.29) is 0 Å². The molecule has 1 aliphatic carbocycles. The van der Waals surface area contributed by atoms with E-state index < -0.39 is 0 Å². The molecule has 1 aliphatic rings. The van der Waals surface area contributed by atoms with E-state index in [0.717, 1.165) is 28.3 Å². The van der Waals surface area contributed by atoms with E-state index in [0.29, 0.717) is 4.99 Å². The highest BCUT2D eigenvalue weighted by atomic mass is 79.9. The molecule has 2 rings (SSSR count). The first-order valence-electron chi connectivity index (χ1n) is 4.89. The van der Waals surface area contributed by atoms with E-state index in [1.807, 2.05) is 18.2 Å². The van der Waals surface area contributed by atoms with Crippen LogP contribution >= 0.6 is 28.1 Å². The zero-order valence-electron chi connectivity index (χ0n) is 8.20. The van der Waals surface area contributed by atoms with Crippen molar-refractivity contribution in [1.29, 1.82) is 0 Å². The first-order chi connectivity index (χ1) is 7.18. The van der Waals surface area contributed by atoms with Crippen molar-refractivity contribution < 1.29 is 4.74 Å². The average molecular weight is 286 g/mol. The number of nitrogens with two attached hydrogens (primary N) is 1. The summed E-state index contributed by atoms with van der Waals surface area (Å²) in [5.74, 6) is 1.51. The van der Waals surface area contributed by atoms with E-state index >= 15 is 0 Å². The van der Waals surface area contributed by atoms with Crippen molar-refractivity contribution in [3.8, 4) is 5.75 Å². The highest BCUT2D eigenvalue weighted by molar-refractivity contribution is 9.10. The molecule has 80 valence electrons. The van der Waals surface area contributed by atoms with Gasteiger partial charge >= 0.3 is 0 Å². The van der Waals surface area contributed by atoms with Crippen LogP contribution in [0.2, 0.25) is 0 Å². The standard InChI is InChI=1S/C11H12BrNOS/c12-8-2-1-3-9(10(8)11(13)15)14-6-7-4-5-7/h1-3,7H,4-6H2,(H2,13,15). The van der Waals surface area contributed by atoms with Gasteiger partial charge in [-0.05, 0) is 46.8 Å². The Hall–Kier alpha value is -0.610. The molecule has 1 saturated carbocycles. The van der Waals surface area contributed by atoms with E-state index in [2.05, 4.69) is 15.9 Å². The monoisotopic (exact) mass is 285 g/mol. The third-order valence-electron chi connectivity index (χ3n) is 2.39. The lowest BCUT2D eigenvalue weighted by atomic mass is 10.2. The molecule has 0 aromatic heterocycles. The number of thiocarbonyl (C=S) groups is 1. The Labute approximate surface area is 103 Å². The second-order valence-corrected chi connectivity index (χ2v) is 5.03. The van der Waals surface area contributed by atoms with Gasteiger partial charge in [0.1, 0.15) is 10.7 Å². The van der Waals surface area contributed by atoms with Crippen LogP contribution in [0.1, 0.15) is 18.4 Å². The van der Waals surface area contributed by atoms with Crippen LogP contribution < -0.4 is 10.5 Å². The van der Waals surface area contributed by atoms with Crippen LogP contribution in [0.25, 0.3) is 0 Å². The molecule has 0 aliphatic heterocycles. The van der Waals surface area contributed by atoms with Gasteiger partial charge in [-0.2, -0.15) is 0 Å². The number of ether oxygens (including phenoxy) is 1. The Morgan fingerprint density at radius 2 is 2.27 bits per heavy atom.